The first-order valence-electron chi connectivity index (χ1n) is 9.55. The Morgan fingerprint density at radius 3 is 1.90 bits per heavy atom. The van der Waals surface area contributed by atoms with Crippen LogP contribution in [0.1, 0.15) is 11.1 Å². The molecule has 1 saturated heterocycles. The summed E-state index contributed by atoms with van der Waals surface area (Å²) in [5.41, 5.74) is 2.53. The second kappa shape index (κ2) is 12.0. The van der Waals surface area contributed by atoms with Crippen molar-refractivity contribution in [3.63, 3.8) is 0 Å². The van der Waals surface area contributed by atoms with E-state index in [0.29, 0.717) is 0 Å². The van der Waals surface area contributed by atoms with Crippen LogP contribution in [0, 0.1) is 10.1 Å². The molecule has 0 aromatic heterocycles. The van der Waals surface area contributed by atoms with Crippen molar-refractivity contribution >= 4 is 29.4 Å². The van der Waals surface area contributed by atoms with Crippen LogP contribution in [0.25, 0.3) is 0 Å². The van der Waals surface area contributed by atoms with Crippen molar-refractivity contribution in [2.75, 3.05) is 32.4 Å². The zero-order chi connectivity index (χ0) is 22.8. The molecule has 0 saturated carbocycles. The van der Waals surface area contributed by atoms with Gasteiger partial charge in [-0.05, 0) is 29.5 Å². The van der Waals surface area contributed by atoms with Crippen molar-refractivity contribution in [2.24, 2.45) is 0 Å². The van der Waals surface area contributed by atoms with Crippen LogP contribution in [0.4, 0.5) is 5.69 Å². The molecular weight excluding hydrogens is 422 g/mol. The van der Waals surface area contributed by atoms with E-state index >= 15 is 0 Å². The summed E-state index contributed by atoms with van der Waals surface area (Å²) < 4.78 is 0. The number of hydrogen-bond donors (Lipinski definition) is 2. The minimum Gasteiger partial charge on any atom is -0.473 e. The molecule has 0 bridgehead atoms. The molecule has 2 aromatic carbocycles. The summed E-state index contributed by atoms with van der Waals surface area (Å²) in [4.78, 5) is 34.9. The second-order valence-electron chi connectivity index (χ2n) is 6.94. The first kappa shape index (κ1) is 24.3. The Morgan fingerprint density at radius 2 is 1.45 bits per heavy atom. The predicted molar refractivity (Wildman–Crippen MR) is 117 cm³/mol. The van der Waals surface area contributed by atoms with Crippen molar-refractivity contribution < 1.29 is 24.7 Å². The molecule has 10 heteroatoms. The van der Waals surface area contributed by atoms with E-state index < -0.39 is 11.9 Å². The second-order valence-corrected chi connectivity index (χ2v) is 7.82. The lowest BCUT2D eigenvalue weighted by Gasteiger charge is -2.34. The molecule has 3 rings (SSSR count). The van der Waals surface area contributed by atoms with Crippen molar-refractivity contribution in [1.29, 1.82) is 0 Å². The Labute approximate surface area is 184 Å². The summed E-state index contributed by atoms with van der Waals surface area (Å²) >= 11 is 1.77. The van der Waals surface area contributed by atoms with Crippen LogP contribution in [-0.2, 0) is 22.7 Å². The number of non-ortho nitro benzene ring substituents is 1. The predicted octanol–water partition coefficient (Wildman–Crippen LogP) is 2.79. The van der Waals surface area contributed by atoms with Gasteiger partial charge in [0.15, 0.2) is 0 Å². The Bertz CT molecular complexity index is 886. The fourth-order valence-corrected chi connectivity index (χ4v) is 3.53. The number of carbonyl (C=O) groups is 2. The fraction of sp³-hybridized carbons (Fsp3) is 0.333. The van der Waals surface area contributed by atoms with Gasteiger partial charge in [0.1, 0.15) is 0 Å². The van der Waals surface area contributed by atoms with Crippen LogP contribution < -0.4 is 0 Å². The zero-order valence-electron chi connectivity index (χ0n) is 17.1. The SMILES string of the molecule is CSc1ccc(CN2CCN(Cc3cccc([N+](=O)[O-])c3)CC2)cc1.O=C(O)C(=O)O. The summed E-state index contributed by atoms with van der Waals surface area (Å²) in [5, 5.41) is 25.7. The van der Waals surface area contributed by atoms with Gasteiger partial charge >= 0.3 is 11.9 Å². The summed E-state index contributed by atoms with van der Waals surface area (Å²) in [7, 11) is 0. The third kappa shape index (κ3) is 8.36. The smallest absolute Gasteiger partial charge is 0.414 e. The number of nitrogens with zero attached hydrogens (tertiary/aromatic N) is 3. The van der Waals surface area contributed by atoms with Gasteiger partial charge in [-0.1, -0.05) is 24.3 Å². The highest BCUT2D eigenvalue weighted by atomic mass is 32.2. The number of benzene rings is 2. The van der Waals surface area contributed by atoms with Gasteiger partial charge in [0.2, 0.25) is 0 Å². The number of carboxylic acids is 2. The van der Waals surface area contributed by atoms with Crippen LogP contribution >= 0.6 is 11.8 Å². The number of aliphatic carboxylic acids is 2. The van der Waals surface area contributed by atoms with E-state index in [-0.39, 0.29) is 10.6 Å². The molecule has 1 fully saturated rings. The molecule has 166 valence electrons. The molecule has 0 spiro atoms. The molecule has 0 aliphatic carbocycles. The number of piperazine rings is 1. The summed E-state index contributed by atoms with van der Waals surface area (Å²) in [6, 6.07) is 15.7. The fourth-order valence-electron chi connectivity index (χ4n) is 3.12. The molecule has 9 nitrogen and oxygen atoms in total. The third-order valence-corrected chi connectivity index (χ3v) is 5.48. The molecule has 0 unspecified atom stereocenters. The van der Waals surface area contributed by atoms with Gasteiger partial charge in [0.05, 0.1) is 4.92 Å². The molecular formula is C21H25N3O6S. The standard InChI is InChI=1S/C19H23N3O2S.C2H2O4/c1-25-19-7-5-16(6-8-19)14-20-9-11-21(12-10-20)15-17-3-2-4-18(13-17)22(23)24;3-1(4)2(5)6/h2-8,13H,9-12,14-15H2,1H3;(H,3,4)(H,5,6). The van der Waals surface area contributed by atoms with E-state index in [1.165, 1.54) is 10.5 Å². The first-order valence-corrected chi connectivity index (χ1v) is 10.8. The normalized spacial score (nSPS) is 14.4. The van der Waals surface area contributed by atoms with E-state index in [0.717, 1.165) is 44.8 Å². The minimum atomic E-state index is -1.82. The number of nitro groups is 1. The Kier molecular flexibility index (Phi) is 9.44. The molecule has 2 aromatic rings. The van der Waals surface area contributed by atoms with Crippen molar-refractivity contribution in [3.8, 4) is 0 Å². The van der Waals surface area contributed by atoms with Gasteiger partial charge in [0.25, 0.3) is 5.69 Å². The number of hydrogen-bond acceptors (Lipinski definition) is 7. The highest BCUT2D eigenvalue weighted by Gasteiger charge is 2.18. The van der Waals surface area contributed by atoms with Crippen LogP contribution in [0.2, 0.25) is 0 Å². The zero-order valence-corrected chi connectivity index (χ0v) is 18.0. The van der Waals surface area contributed by atoms with Gasteiger partial charge in [-0.25, -0.2) is 9.59 Å². The monoisotopic (exact) mass is 447 g/mol. The highest BCUT2D eigenvalue weighted by molar-refractivity contribution is 7.98. The lowest BCUT2D eigenvalue weighted by atomic mass is 10.1. The lowest BCUT2D eigenvalue weighted by molar-refractivity contribution is -0.384. The lowest BCUT2D eigenvalue weighted by Crippen LogP contribution is -2.45. The van der Waals surface area contributed by atoms with E-state index in [2.05, 4.69) is 40.3 Å². The Balaban J connectivity index is 0.000000501. The van der Waals surface area contributed by atoms with Gasteiger partial charge < -0.3 is 10.2 Å². The molecule has 1 aliphatic rings. The first-order chi connectivity index (χ1) is 14.8. The van der Waals surface area contributed by atoms with Crippen molar-refractivity contribution in [2.45, 2.75) is 18.0 Å². The molecule has 1 heterocycles. The Morgan fingerprint density at radius 1 is 0.935 bits per heavy atom. The number of rotatable bonds is 6. The molecule has 0 atom stereocenters. The highest BCUT2D eigenvalue weighted by Crippen LogP contribution is 2.18. The average Bonchev–Trinajstić information content (AvgIpc) is 2.76. The van der Waals surface area contributed by atoms with Crippen molar-refractivity contribution in [3.05, 3.63) is 69.8 Å². The molecule has 0 amide bonds. The summed E-state index contributed by atoms with van der Waals surface area (Å²) in [6.07, 6.45) is 2.09. The quantitative estimate of drug-likeness (QED) is 0.298. The van der Waals surface area contributed by atoms with E-state index in [1.54, 1.807) is 30.0 Å². The number of nitro benzene ring substituents is 1. The number of carboxylic acid groups (broad SMARTS) is 2. The largest absolute Gasteiger partial charge is 0.473 e. The van der Waals surface area contributed by atoms with Crippen LogP contribution in [0.5, 0.6) is 0 Å². The maximum atomic E-state index is 10.9. The summed E-state index contributed by atoms with van der Waals surface area (Å²) in [5.74, 6) is -3.65. The van der Waals surface area contributed by atoms with Crippen LogP contribution in [-0.4, -0.2) is 69.3 Å². The van der Waals surface area contributed by atoms with Gasteiger partial charge in [-0.3, -0.25) is 19.9 Å². The van der Waals surface area contributed by atoms with Gasteiger partial charge in [-0.15, -0.1) is 11.8 Å². The maximum Gasteiger partial charge on any atom is 0.414 e. The molecule has 1 aliphatic heterocycles. The molecule has 2 N–H and O–H groups in total. The van der Waals surface area contributed by atoms with E-state index in [1.807, 2.05) is 6.07 Å². The van der Waals surface area contributed by atoms with Crippen molar-refractivity contribution in [1.82, 2.24) is 9.80 Å². The van der Waals surface area contributed by atoms with Gasteiger partial charge in [0, 0.05) is 56.3 Å². The van der Waals surface area contributed by atoms with Crippen LogP contribution in [0.15, 0.2) is 53.4 Å². The van der Waals surface area contributed by atoms with Gasteiger partial charge in [-0.2, -0.15) is 0 Å². The number of thioether (sulfide) groups is 1. The topological polar surface area (TPSA) is 124 Å². The minimum absolute atomic E-state index is 0.171. The molecule has 0 radical (unpaired) electrons. The van der Waals surface area contributed by atoms with E-state index in [9.17, 15) is 10.1 Å². The Hall–Kier alpha value is -2.95. The van der Waals surface area contributed by atoms with E-state index in [4.69, 9.17) is 19.8 Å². The third-order valence-electron chi connectivity index (χ3n) is 4.74. The summed E-state index contributed by atoms with van der Waals surface area (Å²) in [6.45, 7) is 5.80. The maximum absolute atomic E-state index is 10.9. The van der Waals surface area contributed by atoms with Crippen LogP contribution in [0.3, 0.4) is 0 Å². The average molecular weight is 448 g/mol. The molecule has 31 heavy (non-hydrogen) atoms.